The largest absolute Gasteiger partial charge is 0.466 e. The van der Waals surface area contributed by atoms with Gasteiger partial charge in [0.05, 0.1) is 26.1 Å². The number of carbonyl (C=O) groups is 2. The molecule has 1 aromatic carbocycles. The van der Waals surface area contributed by atoms with Gasteiger partial charge in [0.1, 0.15) is 0 Å². The van der Waals surface area contributed by atoms with E-state index in [9.17, 15) is 9.59 Å². The molecule has 4 nitrogen and oxygen atoms in total. The van der Waals surface area contributed by atoms with Crippen molar-refractivity contribution in [2.45, 2.75) is 57.8 Å². The first-order valence-corrected chi connectivity index (χ1v) is 9.09. The van der Waals surface area contributed by atoms with Crippen LogP contribution < -0.4 is 0 Å². The highest BCUT2D eigenvalue weighted by Gasteiger charge is 2.16. The van der Waals surface area contributed by atoms with Crippen LogP contribution in [-0.4, -0.2) is 25.2 Å². The first kappa shape index (κ1) is 18.5. The molecular formula is C20H28O4. The molecule has 1 saturated carbocycles. The zero-order valence-corrected chi connectivity index (χ0v) is 14.4. The Morgan fingerprint density at radius 3 is 2.29 bits per heavy atom. The topological polar surface area (TPSA) is 52.6 Å². The van der Waals surface area contributed by atoms with E-state index >= 15 is 0 Å². The van der Waals surface area contributed by atoms with Gasteiger partial charge < -0.3 is 9.47 Å². The van der Waals surface area contributed by atoms with E-state index in [-0.39, 0.29) is 24.8 Å². The van der Waals surface area contributed by atoms with Crippen molar-refractivity contribution in [1.82, 2.24) is 0 Å². The van der Waals surface area contributed by atoms with Gasteiger partial charge in [0.25, 0.3) is 0 Å². The third-order valence-corrected chi connectivity index (χ3v) is 4.45. The van der Waals surface area contributed by atoms with Crippen molar-refractivity contribution in [2.75, 3.05) is 13.2 Å². The molecule has 24 heavy (non-hydrogen) atoms. The lowest BCUT2D eigenvalue weighted by atomic mass is 9.90. The maximum atomic E-state index is 11.7. The third-order valence-electron chi connectivity index (χ3n) is 4.45. The molecule has 0 unspecified atom stereocenters. The fourth-order valence-electron chi connectivity index (χ4n) is 3.02. The Morgan fingerprint density at radius 2 is 1.58 bits per heavy atom. The van der Waals surface area contributed by atoms with Crippen LogP contribution >= 0.6 is 0 Å². The van der Waals surface area contributed by atoms with Crippen molar-refractivity contribution < 1.29 is 19.1 Å². The fraction of sp³-hybridized carbons (Fsp3) is 0.600. The molecule has 0 atom stereocenters. The molecule has 1 aliphatic carbocycles. The highest BCUT2D eigenvalue weighted by molar-refractivity contribution is 5.77. The molecule has 0 radical (unpaired) electrons. The predicted octanol–water partition coefficient (Wildman–Crippen LogP) is 4.07. The average molecular weight is 332 g/mol. The predicted molar refractivity (Wildman–Crippen MR) is 92.5 cm³/mol. The van der Waals surface area contributed by atoms with E-state index in [4.69, 9.17) is 9.47 Å². The molecule has 0 N–H and O–H groups in total. The van der Waals surface area contributed by atoms with Crippen LogP contribution in [0.1, 0.15) is 56.9 Å². The monoisotopic (exact) mass is 332 g/mol. The first-order valence-electron chi connectivity index (χ1n) is 9.09. The summed E-state index contributed by atoms with van der Waals surface area (Å²) in [5, 5.41) is 0. The lowest BCUT2D eigenvalue weighted by Crippen LogP contribution is -2.17. The number of hydrogen-bond donors (Lipinski definition) is 0. The standard InChI is InChI=1S/C20H28O4/c21-19(23-15-7-12-17-8-3-1-4-9-17)13-14-20(22)24-16-18-10-5-2-6-11-18/h1,3-4,8-9,18H,2,5-7,10-16H2. The highest BCUT2D eigenvalue weighted by atomic mass is 16.5. The Bertz CT molecular complexity index is 492. The summed E-state index contributed by atoms with van der Waals surface area (Å²) in [5.74, 6) is -0.105. The highest BCUT2D eigenvalue weighted by Crippen LogP contribution is 2.23. The first-order chi connectivity index (χ1) is 11.7. The second-order valence-electron chi connectivity index (χ2n) is 6.50. The summed E-state index contributed by atoms with van der Waals surface area (Å²) in [6, 6.07) is 10.1. The Balaban J connectivity index is 1.48. The summed E-state index contributed by atoms with van der Waals surface area (Å²) >= 11 is 0. The van der Waals surface area contributed by atoms with Gasteiger partial charge in [0.15, 0.2) is 0 Å². The van der Waals surface area contributed by atoms with Crippen LogP contribution in [0.2, 0.25) is 0 Å². The normalized spacial score (nSPS) is 15.0. The summed E-state index contributed by atoms with van der Waals surface area (Å²) < 4.78 is 10.4. The third kappa shape index (κ3) is 7.62. The van der Waals surface area contributed by atoms with Crippen LogP contribution in [0.25, 0.3) is 0 Å². The average Bonchev–Trinajstić information content (AvgIpc) is 2.63. The molecule has 2 rings (SSSR count). The lowest BCUT2D eigenvalue weighted by molar-refractivity contribution is -0.151. The maximum absolute atomic E-state index is 11.7. The van der Waals surface area contributed by atoms with E-state index in [2.05, 4.69) is 12.1 Å². The zero-order chi connectivity index (χ0) is 17.0. The lowest BCUT2D eigenvalue weighted by Gasteiger charge is -2.20. The van der Waals surface area contributed by atoms with E-state index in [0.717, 1.165) is 25.7 Å². The van der Waals surface area contributed by atoms with Gasteiger partial charge in [-0.15, -0.1) is 0 Å². The van der Waals surface area contributed by atoms with E-state index in [1.54, 1.807) is 0 Å². The fourth-order valence-corrected chi connectivity index (χ4v) is 3.02. The van der Waals surface area contributed by atoms with Crippen molar-refractivity contribution in [1.29, 1.82) is 0 Å². The van der Waals surface area contributed by atoms with Gasteiger partial charge in [0, 0.05) is 0 Å². The minimum Gasteiger partial charge on any atom is -0.466 e. The summed E-state index contributed by atoms with van der Waals surface area (Å²) in [7, 11) is 0. The smallest absolute Gasteiger partial charge is 0.306 e. The molecule has 0 bridgehead atoms. The van der Waals surface area contributed by atoms with E-state index < -0.39 is 0 Å². The van der Waals surface area contributed by atoms with Gasteiger partial charge in [-0.1, -0.05) is 49.6 Å². The minimum absolute atomic E-state index is 0.106. The summed E-state index contributed by atoms with van der Waals surface area (Å²) in [6.45, 7) is 0.899. The molecule has 0 amide bonds. The van der Waals surface area contributed by atoms with Crippen molar-refractivity contribution in [3.63, 3.8) is 0 Å². The Labute approximate surface area is 144 Å². The number of benzene rings is 1. The van der Waals surface area contributed by atoms with Crippen LogP contribution in [0.4, 0.5) is 0 Å². The molecule has 132 valence electrons. The molecule has 0 aromatic heterocycles. The van der Waals surface area contributed by atoms with Crippen LogP contribution in [-0.2, 0) is 25.5 Å². The van der Waals surface area contributed by atoms with Crippen LogP contribution in [0, 0.1) is 5.92 Å². The molecule has 0 spiro atoms. The summed E-state index contributed by atoms with van der Waals surface area (Å²) in [5.41, 5.74) is 1.24. The van der Waals surface area contributed by atoms with Gasteiger partial charge in [-0.2, -0.15) is 0 Å². The zero-order valence-electron chi connectivity index (χ0n) is 14.4. The number of hydrogen-bond acceptors (Lipinski definition) is 4. The number of aryl methyl sites for hydroxylation is 1. The van der Waals surface area contributed by atoms with Crippen molar-refractivity contribution in [3.8, 4) is 0 Å². The summed E-state index contributed by atoms with van der Waals surface area (Å²) in [6.07, 6.45) is 7.96. The molecule has 0 heterocycles. The number of rotatable bonds is 9. The van der Waals surface area contributed by atoms with E-state index in [1.807, 2.05) is 18.2 Å². The molecular weight excluding hydrogens is 304 g/mol. The Morgan fingerprint density at radius 1 is 0.917 bits per heavy atom. The summed E-state index contributed by atoms with van der Waals surface area (Å²) in [4.78, 5) is 23.3. The molecule has 1 aliphatic rings. The second kappa shape index (κ2) is 10.8. The quantitative estimate of drug-likeness (QED) is 0.505. The molecule has 1 aromatic rings. The van der Waals surface area contributed by atoms with Crippen molar-refractivity contribution in [3.05, 3.63) is 35.9 Å². The maximum Gasteiger partial charge on any atom is 0.306 e. The van der Waals surface area contributed by atoms with Crippen LogP contribution in [0.5, 0.6) is 0 Å². The SMILES string of the molecule is O=C(CCC(=O)OCC1CCCCC1)OCCCc1ccccc1. The van der Waals surface area contributed by atoms with Gasteiger partial charge in [-0.3, -0.25) is 9.59 Å². The number of ether oxygens (including phenoxy) is 2. The van der Waals surface area contributed by atoms with E-state index in [1.165, 1.54) is 24.8 Å². The molecule has 0 saturated heterocycles. The van der Waals surface area contributed by atoms with E-state index in [0.29, 0.717) is 19.1 Å². The van der Waals surface area contributed by atoms with Crippen molar-refractivity contribution >= 4 is 11.9 Å². The van der Waals surface area contributed by atoms with Crippen LogP contribution in [0.15, 0.2) is 30.3 Å². The Kier molecular flexibility index (Phi) is 8.36. The van der Waals surface area contributed by atoms with Gasteiger partial charge in [0.2, 0.25) is 0 Å². The van der Waals surface area contributed by atoms with Crippen molar-refractivity contribution in [2.24, 2.45) is 5.92 Å². The number of carbonyl (C=O) groups excluding carboxylic acids is 2. The molecule has 1 fully saturated rings. The van der Waals surface area contributed by atoms with Gasteiger partial charge >= 0.3 is 11.9 Å². The second-order valence-corrected chi connectivity index (χ2v) is 6.50. The number of esters is 2. The molecule has 4 heteroatoms. The Hall–Kier alpha value is -1.84. The van der Waals surface area contributed by atoms with Gasteiger partial charge in [-0.05, 0) is 37.2 Å². The van der Waals surface area contributed by atoms with Gasteiger partial charge in [-0.25, -0.2) is 0 Å². The van der Waals surface area contributed by atoms with Crippen LogP contribution in [0.3, 0.4) is 0 Å². The molecule has 0 aliphatic heterocycles. The minimum atomic E-state index is -0.322.